The van der Waals surface area contributed by atoms with E-state index in [1.807, 2.05) is 4.90 Å². The smallest absolute Gasteiger partial charge is 0.326 e. The molecule has 1 saturated heterocycles. The molecule has 0 aromatic carbocycles. The lowest BCUT2D eigenvalue weighted by Gasteiger charge is -2.24. The summed E-state index contributed by atoms with van der Waals surface area (Å²) in [6.45, 7) is 2.28. The maximum Gasteiger partial charge on any atom is 0.326 e. The SMILES string of the molecule is O=C(O)C(CCCCCCCc1ccc2c(n1)NCCC2)NC(=O)C1CCCN1Cc1ncccn1. The first-order chi connectivity index (χ1) is 17.6. The molecular formula is C27H38N6O3. The predicted octanol–water partition coefficient (Wildman–Crippen LogP) is 3.35. The summed E-state index contributed by atoms with van der Waals surface area (Å²) in [5, 5.41) is 15.8. The van der Waals surface area contributed by atoms with Gasteiger partial charge in [0.1, 0.15) is 17.7 Å². The summed E-state index contributed by atoms with van der Waals surface area (Å²) in [5.41, 5.74) is 2.45. The zero-order valence-corrected chi connectivity index (χ0v) is 21.0. The van der Waals surface area contributed by atoms with Crippen LogP contribution in [-0.2, 0) is 29.0 Å². The average Bonchev–Trinajstić information content (AvgIpc) is 3.36. The first-order valence-corrected chi connectivity index (χ1v) is 13.4. The molecule has 3 N–H and O–H groups in total. The molecule has 0 aliphatic carbocycles. The van der Waals surface area contributed by atoms with Crippen LogP contribution in [0.1, 0.15) is 74.9 Å². The Balaban J connectivity index is 1.14. The Hall–Kier alpha value is -3.07. The Kier molecular flexibility index (Phi) is 9.61. The number of nitrogens with zero attached hydrogens (tertiary/aromatic N) is 4. The fourth-order valence-electron chi connectivity index (χ4n) is 5.12. The number of carbonyl (C=O) groups excluding carboxylic acids is 1. The third kappa shape index (κ3) is 7.46. The van der Waals surface area contributed by atoms with Crippen LogP contribution in [0.5, 0.6) is 0 Å². The monoisotopic (exact) mass is 494 g/mol. The van der Waals surface area contributed by atoms with Gasteiger partial charge in [-0.3, -0.25) is 9.69 Å². The first kappa shape index (κ1) is 26.0. The number of carboxylic acids is 1. The normalized spacial score (nSPS) is 18.3. The number of rotatable bonds is 13. The molecule has 0 saturated carbocycles. The number of amides is 1. The van der Waals surface area contributed by atoms with E-state index in [1.165, 1.54) is 12.0 Å². The molecule has 4 heterocycles. The van der Waals surface area contributed by atoms with Gasteiger partial charge in [-0.05, 0) is 69.2 Å². The molecule has 2 aromatic heterocycles. The largest absolute Gasteiger partial charge is 0.480 e. The Morgan fingerprint density at radius 2 is 1.92 bits per heavy atom. The molecule has 36 heavy (non-hydrogen) atoms. The summed E-state index contributed by atoms with van der Waals surface area (Å²) in [6.07, 6.45) is 13.7. The molecule has 2 atom stereocenters. The van der Waals surface area contributed by atoms with Gasteiger partial charge in [-0.2, -0.15) is 0 Å². The van der Waals surface area contributed by atoms with Gasteiger partial charge in [0, 0.05) is 24.6 Å². The van der Waals surface area contributed by atoms with Crippen LogP contribution < -0.4 is 10.6 Å². The van der Waals surface area contributed by atoms with Crippen molar-refractivity contribution in [1.82, 2.24) is 25.2 Å². The van der Waals surface area contributed by atoms with Crippen LogP contribution >= 0.6 is 0 Å². The second-order valence-electron chi connectivity index (χ2n) is 9.84. The zero-order valence-electron chi connectivity index (χ0n) is 21.0. The number of aliphatic carboxylic acids is 1. The lowest BCUT2D eigenvalue weighted by molar-refractivity contribution is -0.142. The van der Waals surface area contributed by atoms with Crippen molar-refractivity contribution >= 4 is 17.7 Å². The number of aryl methyl sites for hydroxylation is 2. The molecule has 0 radical (unpaired) electrons. The molecule has 2 unspecified atom stereocenters. The van der Waals surface area contributed by atoms with E-state index < -0.39 is 12.0 Å². The molecule has 9 nitrogen and oxygen atoms in total. The Bertz CT molecular complexity index is 1000. The van der Waals surface area contributed by atoms with Gasteiger partial charge in [-0.15, -0.1) is 0 Å². The van der Waals surface area contributed by atoms with Crippen molar-refractivity contribution in [3.8, 4) is 0 Å². The van der Waals surface area contributed by atoms with E-state index in [9.17, 15) is 14.7 Å². The third-order valence-corrected chi connectivity index (χ3v) is 7.12. The molecule has 194 valence electrons. The van der Waals surface area contributed by atoms with Gasteiger partial charge in [0.15, 0.2) is 0 Å². The second-order valence-corrected chi connectivity index (χ2v) is 9.84. The van der Waals surface area contributed by atoms with Crippen molar-refractivity contribution in [2.24, 2.45) is 0 Å². The Labute approximate surface area is 213 Å². The van der Waals surface area contributed by atoms with Gasteiger partial charge in [-0.25, -0.2) is 19.7 Å². The molecule has 0 spiro atoms. The Morgan fingerprint density at radius 1 is 1.11 bits per heavy atom. The van der Waals surface area contributed by atoms with Crippen LogP contribution in [0, 0.1) is 0 Å². The highest BCUT2D eigenvalue weighted by Crippen LogP contribution is 2.21. The van der Waals surface area contributed by atoms with Gasteiger partial charge in [0.2, 0.25) is 5.91 Å². The number of aromatic nitrogens is 3. The van der Waals surface area contributed by atoms with Crippen molar-refractivity contribution in [1.29, 1.82) is 0 Å². The van der Waals surface area contributed by atoms with Crippen molar-refractivity contribution in [2.45, 2.75) is 89.3 Å². The van der Waals surface area contributed by atoms with E-state index in [0.717, 1.165) is 82.4 Å². The van der Waals surface area contributed by atoms with Crippen LogP contribution in [0.15, 0.2) is 30.6 Å². The summed E-state index contributed by atoms with van der Waals surface area (Å²) in [6, 6.07) is 4.93. The van der Waals surface area contributed by atoms with Crippen LogP contribution in [0.3, 0.4) is 0 Å². The number of carboxylic acid groups (broad SMARTS) is 1. The maximum atomic E-state index is 12.9. The summed E-state index contributed by atoms with van der Waals surface area (Å²) < 4.78 is 0. The standard InChI is InChI=1S/C27H38N6O3/c34-26(23-12-7-18-33(23)19-24-28-16-8-17-29-24)32-22(27(35)36)11-5-3-1-2-4-10-21-14-13-20-9-6-15-30-25(20)31-21/h8,13-14,16-17,22-23H,1-7,9-12,15,18-19H2,(H,30,31)(H,32,34)(H,35,36). The van der Waals surface area contributed by atoms with Gasteiger partial charge in [0.25, 0.3) is 0 Å². The Morgan fingerprint density at radius 3 is 2.75 bits per heavy atom. The number of fused-ring (bicyclic) bond motifs is 1. The summed E-state index contributed by atoms with van der Waals surface area (Å²) >= 11 is 0. The lowest BCUT2D eigenvalue weighted by atomic mass is 10.0. The lowest BCUT2D eigenvalue weighted by Crippen LogP contribution is -2.49. The van der Waals surface area contributed by atoms with Crippen molar-refractivity contribution in [2.75, 3.05) is 18.4 Å². The molecule has 1 amide bonds. The quantitative estimate of drug-likeness (QED) is 0.363. The van der Waals surface area contributed by atoms with Gasteiger partial charge in [-0.1, -0.05) is 31.7 Å². The molecule has 1 fully saturated rings. The number of hydrogen-bond acceptors (Lipinski definition) is 7. The average molecular weight is 495 g/mol. The molecule has 9 heteroatoms. The van der Waals surface area contributed by atoms with Crippen molar-refractivity contribution in [3.05, 3.63) is 47.7 Å². The number of carbonyl (C=O) groups is 2. The number of nitrogens with one attached hydrogen (secondary N) is 2. The number of hydrogen-bond donors (Lipinski definition) is 3. The maximum absolute atomic E-state index is 12.9. The second kappa shape index (κ2) is 13.3. The summed E-state index contributed by atoms with van der Waals surface area (Å²) in [5.74, 6) is 0.551. The van der Waals surface area contributed by atoms with Gasteiger partial charge >= 0.3 is 5.97 Å². The van der Waals surface area contributed by atoms with Crippen LogP contribution in [0.25, 0.3) is 0 Å². The van der Waals surface area contributed by atoms with E-state index in [-0.39, 0.29) is 11.9 Å². The predicted molar refractivity (Wildman–Crippen MR) is 137 cm³/mol. The summed E-state index contributed by atoms with van der Waals surface area (Å²) in [7, 11) is 0. The van der Waals surface area contributed by atoms with Crippen molar-refractivity contribution in [3.63, 3.8) is 0 Å². The van der Waals surface area contributed by atoms with E-state index in [1.54, 1.807) is 18.5 Å². The third-order valence-electron chi connectivity index (χ3n) is 7.12. The van der Waals surface area contributed by atoms with Gasteiger partial charge < -0.3 is 15.7 Å². The highest BCUT2D eigenvalue weighted by atomic mass is 16.4. The molecule has 2 aliphatic heterocycles. The molecule has 0 bridgehead atoms. The number of unbranched alkanes of at least 4 members (excludes halogenated alkanes) is 4. The van der Waals surface area contributed by atoms with Gasteiger partial charge in [0.05, 0.1) is 12.6 Å². The van der Waals surface area contributed by atoms with Crippen LogP contribution in [0.4, 0.5) is 5.82 Å². The molecule has 2 aromatic rings. The zero-order chi connectivity index (χ0) is 25.2. The van der Waals surface area contributed by atoms with E-state index in [4.69, 9.17) is 4.98 Å². The highest BCUT2D eigenvalue weighted by Gasteiger charge is 2.33. The van der Waals surface area contributed by atoms with Crippen LogP contribution in [-0.4, -0.2) is 62.0 Å². The van der Waals surface area contributed by atoms with Crippen molar-refractivity contribution < 1.29 is 14.7 Å². The number of pyridine rings is 1. The minimum Gasteiger partial charge on any atom is -0.480 e. The van der Waals surface area contributed by atoms with Crippen LogP contribution in [0.2, 0.25) is 0 Å². The van der Waals surface area contributed by atoms with E-state index in [2.05, 4.69) is 32.7 Å². The fraction of sp³-hybridized carbons (Fsp3) is 0.593. The number of anilines is 1. The first-order valence-electron chi connectivity index (χ1n) is 13.4. The highest BCUT2D eigenvalue weighted by molar-refractivity contribution is 5.87. The minimum absolute atomic E-state index is 0.206. The summed E-state index contributed by atoms with van der Waals surface area (Å²) in [4.78, 5) is 40.0. The van der Waals surface area contributed by atoms with E-state index in [0.29, 0.717) is 18.8 Å². The fourth-order valence-corrected chi connectivity index (χ4v) is 5.12. The molecular weight excluding hydrogens is 456 g/mol. The molecule has 4 rings (SSSR count). The minimum atomic E-state index is -0.966. The molecule has 2 aliphatic rings. The number of likely N-dealkylation sites (tertiary alicyclic amines) is 1. The van der Waals surface area contributed by atoms with E-state index >= 15 is 0 Å². The topological polar surface area (TPSA) is 120 Å².